The van der Waals surface area contributed by atoms with Gasteiger partial charge in [0.1, 0.15) is 11.8 Å². The maximum Gasteiger partial charge on any atom is 0.573 e. The summed E-state index contributed by atoms with van der Waals surface area (Å²) in [6, 6.07) is 2.07. The van der Waals surface area contributed by atoms with Gasteiger partial charge in [-0.1, -0.05) is 6.07 Å². The van der Waals surface area contributed by atoms with Crippen molar-refractivity contribution in [1.29, 1.82) is 0 Å². The topological polar surface area (TPSA) is 95.9 Å². The maximum atomic E-state index is 12.2. The van der Waals surface area contributed by atoms with E-state index in [4.69, 9.17) is 5.11 Å². The molecule has 1 aliphatic heterocycles. The zero-order valence-electron chi connectivity index (χ0n) is 10.8. The van der Waals surface area contributed by atoms with E-state index >= 15 is 0 Å². The molecule has 7 nitrogen and oxygen atoms in total. The lowest BCUT2D eigenvalue weighted by Gasteiger charge is -2.15. The fraction of sp³-hybridized carbons (Fsp3) is 0.250. The van der Waals surface area contributed by atoms with Crippen molar-refractivity contribution in [3.63, 3.8) is 0 Å². The quantitative estimate of drug-likeness (QED) is 0.820. The summed E-state index contributed by atoms with van der Waals surface area (Å²) in [4.78, 5) is 34.8. The van der Waals surface area contributed by atoms with Crippen LogP contribution in [-0.2, 0) is 9.59 Å². The lowest BCUT2D eigenvalue weighted by Crippen LogP contribution is -2.32. The Morgan fingerprint density at radius 2 is 2.05 bits per heavy atom. The normalized spacial score (nSPS) is 18.3. The number of carbonyl (C=O) groups excluding carboxylic acids is 2. The second-order valence-electron chi connectivity index (χ2n) is 4.32. The molecule has 0 radical (unpaired) electrons. The van der Waals surface area contributed by atoms with Crippen LogP contribution in [0.5, 0.6) is 5.75 Å². The molecule has 1 aliphatic rings. The first-order valence-corrected chi connectivity index (χ1v) is 5.89. The molecule has 2 N–H and O–H groups in total. The van der Waals surface area contributed by atoms with Gasteiger partial charge in [0.2, 0.25) is 0 Å². The van der Waals surface area contributed by atoms with E-state index in [1.165, 1.54) is 12.1 Å². The SMILES string of the molecule is O=C(O)C[C@@H]1NC(=O)N(c2cccc(OC(F)(F)F)c2)C1=O. The van der Waals surface area contributed by atoms with E-state index in [9.17, 15) is 27.6 Å². The number of nitrogens with zero attached hydrogens (tertiary/aromatic N) is 1. The zero-order valence-corrected chi connectivity index (χ0v) is 10.8. The first-order chi connectivity index (χ1) is 10.2. The molecule has 0 aliphatic carbocycles. The van der Waals surface area contributed by atoms with E-state index < -0.39 is 42.5 Å². The first kappa shape index (κ1) is 15.6. The van der Waals surface area contributed by atoms with Gasteiger partial charge >= 0.3 is 18.4 Å². The van der Waals surface area contributed by atoms with Crippen molar-refractivity contribution in [3.8, 4) is 5.75 Å². The molecule has 0 saturated carbocycles. The van der Waals surface area contributed by atoms with Gasteiger partial charge in [0.05, 0.1) is 12.1 Å². The van der Waals surface area contributed by atoms with Crippen molar-refractivity contribution >= 4 is 23.6 Å². The fourth-order valence-electron chi connectivity index (χ4n) is 1.91. The molecule has 2 rings (SSSR count). The molecule has 10 heteroatoms. The number of rotatable bonds is 4. The monoisotopic (exact) mass is 318 g/mol. The molecule has 0 bridgehead atoms. The van der Waals surface area contributed by atoms with Gasteiger partial charge in [-0.2, -0.15) is 0 Å². The number of aliphatic carboxylic acids is 1. The van der Waals surface area contributed by atoms with Crippen LogP contribution in [-0.4, -0.2) is 35.4 Å². The van der Waals surface area contributed by atoms with Gasteiger partial charge in [-0.05, 0) is 12.1 Å². The fourth-order valence-corrected chi connectivity index (χ4v) is 1.91. The number of hydrogen-bond donors (Lipinski definition) is 2. The smallest absolute Gasteiger partial charge is 0.481 e. The Labute approximate surface area is 121 Å². The van der Waals surface area contributed by atoms with Crippen LogP contribution in [0.25, 0.3) is 0 Å². The van der Waals surface area contributed by atoms with E-state index in [2.05, 4.69) is 10.1 Å². The molecule has 118 valence electrons. The summed E-state index contributed by atoms with van der Waals surface area (Å²) < 4.78 is 40.2. The van der Waals surface area contributed by atoms with Crippen molar-refractivity contribution in [2.24, 2.45) is 0 Å². The maximum absolute atomic E-state index is 12.2. The van der Waals surface area contributed by atoms with Crippen LogP contribution in [0.3, 0.4) is 0 Å². The average molecular weight is 318 g/mol. The highest BCUT2D eigenvalue weighted by Gasteiger charge is 2.40. The Morgan fingerprint density at radius 1 is 1.36 bits per heavy atom. The predicted octanol–water partition coefficient (Wildman–Crippen LogP) is 1.48. The number of imide groups is 1. The summed E-state index contributed by atoms with van der Waals surface area (Å²) >= 11 is 0. The largest absolute Gasteiger partial charge is 0.573 e. The molecule has 0 unspecified atom stereocenters. The molecule has 1 saturated heterocycles. The molecule has 1 heterocycles. The number of carbonyl (C=O) groups is 3. The molecule has 1 fully saturated rings. The van der Waals surface area contributed by atoms with Crippen molar-refractivity contribution < 1.29 is 37.4 Å². The van der Waals surface area contributed by atoms with E-state index in [1.807, 2.05) is 0 Å². The minimum absolute atomic E-state index is 0.155. The summed E-state index contributed by atoms with van der Waals surface area (Å²) in [5.74, 6) is -2.77. The van der Waals surface area contributed by atoms with Gasteiger partial charge < -0.3 is 15.2 Å². The second kappa shape index (κ2) is 5.54. The number of urea groups is 1. The highest BCUT2D eigenvalue weighted by atomic mass is 19.4. The van der Waals surface area contributed by atoms with E-state index in [0.29, 0.717) is 4.90 Å². The van der Waals surface area contributed by atoms with E-state index in [-0.39, 0.29) is 5.69 Å². The lowest BCUT2D eigenvalue weighted by atomic mass is 10.2. The summed E-state index contributed by atoms with van der Waals surface area (Å²) in [7, 11) is 0. The van der Waals surface area contributed by atoms with Crippen molar-refractivity contribution in [1.82, 2.24) is 5.32 Å². The molecule has 1 atom stereocenters. The number of hydrogen-bond acceptors (Lipinski definition) is 4. The Hall–Kier alpha value is -2.78. The molecular weight excluding hydrogens is 309 g/mol. The summed E-state index contributed by atoms with van der Waals surface area (Å²) in [5, 5.41) is 10.8. The third-order valence-corrected chi connectivity index (χ3v) is 2.71. The van der Waals surface area contributed by atoms with Crippen molar-refractivity contribution in [2.45, 2.75) is 18.8 Å². The number of benzene rings is 1. The molecule has 0 spiro atoms. The first-order valence-electron chi connectivity index (χ1n) is 5.89. The van der Waals surface area contributed by atoms with Gasteiger partial charge in [0.25, 0.3) is 5.91 Å². The molecule has 3 amide bonds. The minimum Gasteiger partial charge on any atom is -0.481 e. The minimum atomic E-state index is -4.91. The van der Waals surface area contributed by atoms with Crippen molar-refractivity contribution in [3.05, 3.63) is 24.3 Å². The number of anilines is 1. The number of amides is 3. The van der Waals surface area contributed by atoms with Gasteiger partial charge in [0.15, 0.2) is 0 Å². The summed E-state index contributed by atoms with van der Waals surface area (Å²) in [6.45, 7) is 0. The highest BCUT2D eigenvalue weighted by Crippen LogP contribution is 2.28. The van der Waals surface area contributed by atoms with Crippen molar-refractivity contribution in [2.75, 3.05) is 4.90 Å². The van der Waals surface area contributed by atoms with Gasteiger partial charge in [-0.3, -0.25) is 9.59 Å². The number of halogens is 3. The second-order valence-corrected chi connectivity index (χ2v) is 4.32. The molecular formula is C12H9F3N2O5. The zero-order chi connectivity index (χ0) is 16.5. The Balaban J connectivity index is 2.24. The molecule has 1 aromatic rings. The van der Waals surface area contributed by atoms with E-state index in [0.717, 1.165) is 12.1 Å². The van der Waals surface area contributed by atoms with Crippen LogP contribution in [0.4, 0.5) is 23.7 Å². The summed E-state index contributed by atoms with van der Waals surface area (Å²) in [6.07, 6.45) is -5.54. The number of carboxylic acids is 1. The lowest BCUT2D eigenvalue weighted by molar-refractivity contribution is -0.274. The third-order valence-electron chi connectivity index (χ3n) is 2.71. The highest BCUT2D eigenvalue weighted by molar-refractivity contribution is 6.22. The summed E-state index contributed by atoms with van der Waals surface area (Å²) in [5.41, 5.74) is -0.155. The average Bonchev–Trinajstić information content (AvgIpc) is 2.61. The molecule has 1 aromatic carbocycles. The Bertz CT molecular complexity index is 631. The Kier molecular flexibility index (Phi) is 3.93. The van der Waals surface area contributed by atoms with Crippen LogP contribution in [0, 0.1) is 0 Å². The van der Waals surface area contributed by atoms with Crippen LogP contribution in [0.2, 0.25) is 0 Å². The van der Waals surface area contributed by atoms with Crippen LogP contribution < -0.4 is 15.0 Å². The number of nitrogens with one attached hydrogen (secondary N) is 1. The predicted molar refractivity (Wildman–Crippen MR) is 65.2 cm³/mol. The van der Waals surface area contributed by atoms with Gasteiger partial charge in [-0.25, -0.2) is 9.69 Å². The van der Waals surface area contributed by atoms with E-state index in [1.54, 1.807) is 0 Å². The van der Waals surface area contributed by atoms with Crippen LogP contribution in [0.15, 0.2) is 24.3 Å². The number of ether oxygens (including phenoxy) is 1. The van der Waals surface area contributed by atoms with Gasteiger partial charge in [0, 0.05) is 6.07 Å². The molecule has 22 heavy (non-hydrogen) atoms. The third kappa shape index (κ3) is 3.45. The Morgan fingerprint density at radius 3 is 2.64 bits per heavy atom. The van der Waals surface area contributed by atoms with Crippen LogP contribution in [0.1, 0.15) is 6.42 Å². The molecule has 0 aromatic heterocycles. The number of carboxylic acid groups (broad SMARTS) is 1. The van der Waals surface area contributed by atoms with Gasteiger partial charge in [-0.15, -0.1) is 13.2 Å². The van der Waals surface area contributed by atoms with Crippen LogP contribution >= 0.6 is 0 Å². The number of alkyl halides is 3. The standard InChI is InChI=1S/C12H9F3N2O5/c13-12(14,15)22-7-3-1-2-6(4-7)17-10(20)8(5-9(18)19)16-11(17)21/h1-4,8H,5H2,(H,16,21)(H,18,19)/t8-/m0/s1.